The molecule has 0 aliphatic rings. The summed E-state index contributed by atoms with van der Waals surface area (Å²) < 4.78 is 26.8. The number of hydrogen-bond acceptors (Lipinski definition) is 7. The Balaban J connectivity index is 1.76. The van der Waals surface area contributed by atoms with Crippen LogP contribution in [0.25, 0.3) is 0 Å². The molecule has 0 spiro atoms. The van der Waals surface area contributed by atoms with Crippen molar-refractivity contribution in [1.29, 1.82) is 0 Å². The molecule has 2 aromatic rings. The fourth-order valence-corrected chi connectivity index (χ4v) is 2.50. The standard InChI is InChI=1S/C22H32N2O5/c1-25-13-15-27-11-9-23-19-5-3-7-21(17-19)29-22-8-4-6-20(18-22)24-10-12-28-16-14-26-2/h3-8,17-18,23-24H,9-16H2,1-2H3. The van der Waals surface area contributed by atoms with E-state index in [4.69, 9.17) is 23.7 Å². The topological polar surface area (TPSA) is 70.2 Å². The molecular formula is C22H32N2O5. The van der Waals surface area contributed by atoms with Gasteiger partial charge in [-0.2, -0.15) is 0 Å². The Kier molecular flexibility index (Phi) is 11.6. The van der Waals surface area contributed by atoms with Crippen molar-refractivity contribution < 1.29 is 23.7 Å². The van der Waals surface area contributed by atoms with E-state index < -0.39 is 0 Å². The van der Waals surface area contributed by atoms with Crippen molar-refractivity contribution in [3.63, 3.8) is 0 Å². The van der Waals surface area contributed by atoms with Crippen LogP contribution in [0.15, 0.2) is 48.5 Å². The highest BCUT2D eigenvalue weighted by atomic mass is 16.5. The summed E-state index contributed by atoms with van der Waals surface area (Å²) in [5, 5.41) is 6.65. The zero-order valence-corrected chi connectivity index (χ0v) is 17.3. The van der Waals surface area contributed by atoms with E-state index in [9.17, 15) is 0 Å². The third-order valence-corrected chi connectivity index (χ3v) is 3.92. The fourth-order valence-electron chi connectivity index (χ4n) is 2.50. The van der Waals surface area contributed by atoms with Crippen molar-refractivity contribution in [2.24, 2.45) is 0 Å². The number of hydrogen-bond donors (Lipinski definition) is 2. The van der Waals surface area contributed by atoms with Crippen LogP contribution in [0.5, 0.6) is 11.5 Å². The molecule has 0 fully saturated rings. The minimum absolute atomic E-state index is 0.602. The zero-order chi connectivity index (χ0) is 20.6. The van der Waals surface area contributed by atoms with Gasteiger partial charge in [0.2, 0.25) is 0 Å². The minimum atomic E-state index is 0.602. The van der Waals surface area contributed by atoms with Crippen LogP contribution in [0.4, 0.5) is 11.4 Å². The molecule has 0 bridgehead atoms. The molecule has 0 amide bonds. The van der Waals surface area contributed by atoms with E-state index in [0.717, 1.165) is 36.0 Å². The second kappa shape index (κ2) is 14.6. The van der Waals surface area contributed by atoms with Gasteiger partial charge in [0.15, 0.2) is 0 Å². The SMILES string of the molecule is COCCOCCNc1cccc(Oc2cccc(NCCOCCOC)c2)c1. The summed E-state index contributed by atoms with van der Waals surface area (Å²) in [4.78, 5) is 0. The molecule has 2 N–H and O–H groups in total. The third-order valence-electron chi connectivity index (χ3n) is 3.92. The lowest BCUT2D eigenvalue weighted by molar-refractivity contribution is 0.0759. The van der Waals surface area contributed by atoms with E-state index in [0.29, 0.717) is 39.6 Å². The second-order valence-electron chi connectivity index (χ2n) is 6.22. The van der Waals surface area contributed by atoms with Gasteiger partial charge in [0.25, 0.3) is 0 Å². The highest BCUT2D eigenvalue weighted by Crippen LogP contribution is 2.26. The van der Waals surface area contributed by atoms with Crippen molar-refractivity contribution in [2.75, 3.05) is 77.6 Å². The maximum atomic E-state index is 6.00. The Hall–Kier alpha value is -2.32. The van der Waals surface area contributed by atoms with E-state index >= 15 is 0 Å². The van der Waals surface area contributed by atoms with Crippen molar-refractivity contribution in [3.05, 3.63) is 48.5 Å². The van der Waals surface area contributed by atoms with Crippen LogP contribution >= 0.6 is 0 Å². The maximum Gasteiger partial charge on any atom is 0.129 e. The highest BCUT2D eigenvalue weighted by Gasteiger charge is 2.01. The molecule has 0 aromatic heterocycles. The Labute approximate surface area is 173 Å². The summed E-state index contributed by atoms with van der Waals surface area (Å²) in [6, 6.07) is 15.7. The summed E-state index contributed by atoms with van der Waals surface area (Å²) in [6.07, 6.45) is 0. The van der Waals surface area contributed by atoms with Crippen LogP contribution in [0, 0.1) is 0 Å². The van der Waals surface area contributed by atoms with Crippen LogP contribution in [-0.4, -0.2) is 67.0 Å². The van der Waals surface area contributed by atoms with Gasteiger partial charge in [-0.1, -0.05) is 12.1 Å². The number of ether oxygens (including phenoxy) is 5. The van der Waals surface area contributed by atoms with Crippen molar-refractivity contribution >= 4 is 11.4 Å². The molecule has 0 heterocycles. The monoisotopic (exact) mass is 404 g/mol. The van der Waals surface area contributed by atoms with Crippen LogP contribution in [-0.2, 0) is 18.9 Å². The van der Waals surface area contributed by atoms with Crippen molar-refractivity contribution in [2.45, 2.75) is 0 Å². The summed E-state index contributed by atoms with van der Waals surface area (Å²) in [5.74, 6) is 1.55. The predicted molar refractivity (Wildman–Crippen MR) is 115 cm³/mol. The molecule has 2 aromatic carbocycles. The first-order valence-corrected chi connectivity index (χ1v) is 9.81. The van der Waals surface area contributed by atoms with Crippen LogP contribution in [0.1, 0.15) is 0 Å². The summed E-state index contributed by atoms with van der Waals surface area (Å²) in [7, 11) is 3.33. The van der Waals surface area contributed by atoms with Gasteiger partial charge in [0, 0.05) is 50.8 Å². The number of rotatable bonds is 16. The van der Waals surface area contributed by atoms with Crippen molar-refractivity contribution in [1.82, 2.24) is 0 Å². The average molecular weight is 405 g/mol. The van der Waals surface area contributed by atoms with Gasteiger partial charge in [0.1, 0.15) is 11.5 Å². The normalized spacial score (nSPS) is 10.7. The minimum Gasteiger partial charge on any atom is -0.457 e. The summed E-state index contributed by atoms with van der Waals surface area (Å²) >= 11 is 0. The number of methoxy groups -OCH3 is 2. The van der Waals surface area contributed by atoms with Gasteiger partial charge in [0.05, 0.1) is 39.6 Å². The van der Waals surface area contributed by atoms with Crippen LogP contribution in [0.2, 0.25) is 0 Å². The second-order valence-corrected chi connectivity index (χ2v) is 6.22. The van der Waals surface area contributed by atoms with Gasteiger partial charge in [-0.25, -0.2) is 0 Å². The summed E-state index contributed by atoms with van der Waals surface area (Å²) in [6.45, 7) is 5.11. The van der Waals surface area contributed by atoms with E-state index in [1.165, 1.54) is 0 Å². The van der Waals surface area contributed by atoms with Gasteiger partial charge in [-0.05, 0) is 24.3 Å². The molecule has 0 unspecified atom stereocenters. The number of nitrogens with one attached hydrogen (secondary N) is 2. The van der Waals surface area contributed by atoms with Gasteiger partial charge in [-0.15, -0.1) is 0 Å². The third kappa shape index (κ3) is 10.1. The molecule has 0 aliphatic heterocycles. The molecule has 7 heteroatoms. The Morgan fingerprint density at radius 2 is 1.10 bits per heavy atom. The molecule has 0 aliphatic carbocycles. The zero-order valence-electron chi connectivity index (χ0n) is 17.3. The predicted octanol–water partition coefficient (Wildman–Crippen LogP) is 3.63. The van der Waals surface area contributed by atoms with E-state index in [1.54, 1.807) is 14.2 Å². The van der Waals surface area contributed by atoms with Crippen LogP contribution in [0.3, 0.4) is 0 Å². The smallest absolute Gasteiger partial charge is 0.129 e. The van der Waals surface area contributed by atoms with Gasteiger partial charge >= 0.3 is 0 Å². The molecule has 160 valence electrons. The Bertz CT molecular complexity index is 626. The van der Waals surface area contributed by atoms with Crippen LogP contribution < -0.4 is 15.4 Å². The van der Waals surface area contributed by atoms with Crippen molar-refractivity contribution in [3.8, 4) is 11.5 Å². The first-order chi connectivity index (χ1) is 14.3. The number of anilines is 2. The molecule has 7 nitrogen and oxygen atoms in total. The molecule has 29 heavy (non-hydrogen) atoms. The Morgan fingerprint density at radius 1 is 0.621 bits per heavy atom. The van der Waals surface area contributed by atoms with E-state index in [2.05, 4.69) is 10.6 Å². The lowest BCUT2D eigenvalue weighted by Gasteiger charge is -2.12. The quantitative estimate of drug-likeness (QED) is 0.414. The van der Waals surface area contributed by atoms with E-state index in [-0.39, 0.29) is 0 Å². The molecule has 0 saturated carbocycles. The highest BCUT2D eigenvalue weighted by molar-refractivity contribution is 5.52. The first-order valence-electron chi connectivity index (χ1n) is 9.81. The number of benzene rings is 2. The first kappa shape index (κ1) is 23.0. The van der Waals surface area contributed by atoms with Gasteiger partial charge < -0.3 is 34.3 Å². The fraction of sp³-hybridized carbons (Fsp3) is 0.455. The average Bonchev–Trinajstić information content (AvgIpc) is 2.74. The van der Waals surface area contributed by atoms with E-state index in [1.807, 2.05) is 48.5 Å². The maximum absolute atomic E-state index is 6.00. The molecular weight excluding hydrogens is 372 g/mol. The lowest BCUT2D eigenvalue weighted by atomic mass is 10.2. The van der Waals surface area contributed by atoms with Gasteiger partial charge in [-0.3, -0.25) is 0 Å². The Morgan fingerprint density at radius 3 is 1.55 bits per heavy atom. The summed E-state index contributed by atoms with van der Waals surface area (Å²) in [5.41, 5.74) is 1.97. The molecule has 0 radical (unpaired) electrons. The molecule has 0 saturated heterocycles. The molecule has 0 atom stereocenters. The largest absolute Gasteiger partial charge is 0.457 e. The molecule has 2 rings (SSSR count). The lowest BCUT2D eigenvalue weighted by Crippen LogP contribution is -2.12.